The maximum absolute atomic E-state index is 5.94. The summed E-state index contributed by atoms with van der Waals surface area (Å²) < 4.78 is 0. The molecular formula is C9H12Cl3N. The molecule has 0 spiro atoms. The molecule has 4 heteroatoms. The first-order chi connectivity index (χ1) is 5.65. The predicted octanol–water partition coefficient (Wildman–Crippen LogP) is 3.83. The van der Waals surface area contributed by atoms with Gasteiger partial charge < -0.3 is 5.73 Å². The Labute approximate surface area is 94.6 Å². The van der Waals surface area contributed by atoms with Gasteiger partial charge in [0.15, 0.2) is 0 Å². The Hall–Kier alpha value is 0.0500. The molecule has 0 saturated heterocycles. The van der Waals surface area contributed by atoms with Gasteiger partial charge in [0.2, 0.25) is 0 Å². The molecule has 0 unspecified atom stereocenters. The lowest BCUT2D eigenvalue weighted by Crippen LogP contribution is -2.08. The smallest absolute Gasteiger partial charge is 0.0468 e. The van der Waals surface area contributed by atoms with Crippen LogP contribution in [0.2, 0.25) is 10.0 Å². The second kappa shape index (κ2) is 5.71. The third kappa shape index (κ3) is 3.35. The molecule has 0 amide bonds. The predicted molar refractivity (Wildman–Crippen MR) is 60.9 cm³/mol. The van der Waals surface area contributed by atoms with Crippen molar-refractivity contribution in [3.05, 3.63) is 33.8 Å². The van der Waals surface area contributed by atoms with Crippen LogP contribution in [0.25, 0.3) is 0 Å². The lowest BCUT2D eigenvalue weighted by Gasteiger charge is -2.10. The van der Waals surface area contributed by atoms with Crippen molar-refractivity contribution in [1.82, 2.24) is 0 Å². The monoisotopic (exact) mass is 239 g/mol. The van der Waals surface area contributed by atoms with Crippen LogP contribution >= 0.6 is 35.6 Å². The summed E-state index contributed by atoms with van der Waals surface area (Å²) in [6.07, 6.45) is 0.876. The van der Waals surface area contributed by atoms with E-state index in [2.05, 4.69) is 0 Å². The molecule has 0 aliphatic heterocycles. The molecule has 1 rings (SSSR count). The summed E-state index contributed by atoms with van der Waals surface area (Å²) in [5.74, 6) is 0. The first kappa shape index (κ1) is 13.1. The molecule has 0 aromatic heterocycles. The lowest BCUT2D eigenvalue weighted by atomic mass is 10.1. The fourth-order valence-electron chi connectivity index (χ4n) is 1.02. The first-order valence-corrected chi connectivity index (χ1v) is 4.61. The SMILES string of the molecule is CC[C@@H](N)c1ccc(Cl)cc1Cl.Cl. The van der Waals surface area contributed by atoms with E-state index in [0.29, 0.717) is 10.0 Å². The summed E-state index contributed by atoms with van der Waals surface area (Å²) in [5.41, 5.74) is 6.78. The molecule has 0 saturated carbocycles. The van der Waals surface area contributed by atoms with Gasteiger partial charge >= 0.3 is 0 Å². The van der Waals surface area contributed by atoms with Crippen LogP contribution in [0.15, 0.2) is 18.2 Å². The molecule has 0 radical (unpaired) electrons. The van der Waals surface area contributed by atoms with E-state index in [1.807, 2.05) is 13.0 Å². The molecule has 74 valence electrons. The van der Waals surface area contributed by atoms with Crippen LogP contribution in [-0.4, -0.2) is 0 Å². The summed E-state index contributed by atoms with van der Waals surface area (Å²) in [6, 6.07) is 5.40. The fraction of sp³-hybridized carbons (Fsp3) is 0.333. The van der Waals surface area contributed by atoms with Crippen molar-refractivity contribution in [1.29, 1.82) is 0 Å². The third-order valence-corrected chi connectivity index (χ3v) is 2.36. The van der Waals surface area contributed by atoms with Crippen molar-refractivity contribution >= 4 is 35.6 Å². The third-order valence-electron chi connectivity index (χ3n) is 1.80. The van der Waals surface area contributed by atoms with Gasteiger partial charge in [0, 0.05) is 16.1 Å². The number of rotatable bonds is 2. The van der Waals surface area contributed by atoms with Crippen LogP contribution in [0.5, 0.6) is 0 Å². The van der Waals surface area contributed by atoms with Crippen LogP contribution < -0.4 is 5.73 Å². The van der Waals surface area contributed by atoms with Gasteiger partial charge in [-0.15, -0.1) is 12.4 Å². The quantitative estimate of drug-likeness (QED) is 0.835. The zero-order chi connectivity index (χ0) is 9.14. The van der Waals surface area contributed by atoms with E-state index in [1.54, 1.807) is 12.1 Å². The standard InChI is InChI=1S/C9H11Cl2N.ClH/c1-2-9(12)7-4-3-6(10)5-8(7)11;/h3-5,9H,2,12H2,1H3;1H/t9-;/m1./s1. The molecule has 13 heavy (non-hydrogen) atoms. The first-order valence-electron chi connectivity index (χ1n) is 3.85. The van der Waals surface area contributed by atoms with Crippen molar-refractivity contribution in [3.8, 4) is 0 Å². The Bertz CT molecular complexity index is 276. The van der Waals surface area contributed by atoms with Gasteiger partial charge in [-0.1, -0.05) is 36.2 Å². The van der Waals surface area contributed by atoms with Crippen molar-refractivity contribution in [2.24, 2.45) is 5.73 Å². The Kier molecular flexibility index (Phi) is 5.73. The van der Waals surface area contributed by atoms with Gasteiger partial charge in [0.25, 0.3) is 0 Å². The molecule has 0 bridgehead atoms. The topological polar surface area (TPSA) is 26.0 Å². The lowest BCUT2D eigenvalue weighted by molar-refractivity contribution is 0.699. The van der Waals surface area contributed by atoms with Crippen LogP contribution in [-0.2, 0) is 0 Å². The number of benzene rings is 1. The maximum atomic E-state index is 5.94. The molecule has 0 fully saturated rings. The van der Waals surface area contributed by atoms with E-state index < -0.39 is 0 Å². The van der Waals surface area contributed by atoms with Gasteiger partial charge in [-0.3, -0.25) is 0 Å². The fourth-order valence-corrected chi connectivity index (χ4v) is 1.57. The number of hydrogen-bond donors (Lipinski definition) is 1. The highest BCUT2D eigenvalue weighted by Crippen LogP contribution is 2.26. The van der Waals surface area contributed by atoms with E-state index in [1.165, 1.54) is 0 Å². The van der Waals surface area contributed by atoms with Gasteiger partial charge in [-0.2, -0.15) is 0 Å². The molecule has 1 aromatic carbocycles. The zero-order valence-electron chi connectivity index (χ0n) is 7.26. The Morgan fingerprint density at radius 1 is 1.38 bits per heavy atom. The number of halogens is 3. The van der Waals surface area contributed by atoms with Crippen LogP contribution in [0.3, 0.4) is 0 Å². The summed E-state index contributed by atoms with van der Waals surface area (Å²) >= 11 is 11.7. The highest BCUT2D eigenvalue weighted by atomic mass is 35.5. The van der Waals surface area contributed by atoms with E-state index in [-0.39, 0.29) is 18.4 Å². The minimum Gasteiger partial charge on any atom is -0.324 e. The van der Waals surface area contributed by atoms with E-state index in [9.17, 15) is 0 Å². The van der Waals surface area contributed by atoms with E-state index in [4.69, 9.17) is 28.9 Å². The van der Waals surface area contributed by atoms with Crippen molar-refractivity contribution in [2.45, 2.75) is 19.4 Å². The zero-order valence-corrected chi connectivity index (χ0v) is 9.59. The highest BCUT2D eigenvalue weighted by Gasteiger charge is 2.07. The van der Waals surface area contributed by atoms with Crippen molar-refractivity contribution < 1.29 is 0 Å². The second-order valence-electron chi connectivity index (χ2n) is 2.68. The normalized spacial score (nSPS) is 12.0. The largest absolute Gasteiger partial charge is 0.324 e. The Morgan fingerprint density at radius 2 is 2.00 bits per heavy atom. The molecule has 1 aromatic rings. The van der Waals surface area contributed by atoms with Gasteiger partial charge in [-0.05, 0) is 24.1 Å². The summed E-state index contributed by atoms with van der Waals surface area (Å²) in [7, 11) is 0. The molecule has 0 aliphatic rings. The molecule has 0 heterocycles. The van der Waals surface area contributed by atoms with Crippen molar-refractivity contribution in [3.63, 3.8) is 0 Å². The Balaban J connectivity index is 0.00000144. The maximum Gasteiger partial charge on any atom is 0.0468 e. The van der Waals surface area contributed by atoms with Gasteiger partial charge in [-0.25, -0.2) is 0 Å². The second-order valence-corrected chi connectivity index (χ2v) is 3.52. The summed E-state index contributed by atoms with van der Waals surface area (Å²) in [4.78, 5) is 0. The van der Waals surface area contributed by atoms with Crippen LogP contribution in [0.1, 0.15) is 24.9 Å². The summed E-state index contributed by atoms with van der Waals surface area (Å²) in [5, 5.41) is 1.30. The van der Waals surface area contributed by atoms with Crippen LogP contribution in [0.4, 0.5) is 0 Å². The average Bonchev–Trinajstić information content (AvgIpc) is 2.03. The molecule has 0 aliphatic carbocycles. The van der Waals surface area contributed by atoms with E-state index >= 15 is 0 Å². The molecule has 1 atom stereocenters. The highest BCUT2D eigenvalue weighted by molar-refractivity contribution is 6.35. The van der Waals surface area contributed by atoms with Crippen molar-refractivity contribution in [2.75, 3.05) is 0 Å². The van der Waals surface area contributed by atoms with Crippen LogP contribution in [0, 0.1) is 0 Å². The average molecular weight is 241 g/mol. The number of nitrogens with two attached hydrogens (primary N) is 1. The Morgan fingerprint density at radius 3 is 2.46 bits per heavy atom. The molecular weight excluding hydrogens is 228 g/mol. The molecule has 2 N–H and O–H groups in total. The van der Waals surface area contributed by atoms with Gasteiger partial charge in [0.05, 0.1) is 0 Å². The minimum absolute atomic E-state index is 0. The molecule has 1 nitrogen and oxygen atoms in total. The summed E-state index contributed by atoms with van der Waals surface area (Å²) in [6.45, 7) is 2.02. The minimum atomic E-state index is 0. The number of hydrogen-bond acceptors (Lipinski definition) is 1. The van der Waals surface area contributed by atoms with E-state index in [0.717, 1.165) is 12.0 Å². The van der Waals surface area contributed by atoms with Gasteiger partial charge in [0.1, 0.15) is 0 Å².